The summed E-state index contributed by atoms with van der Waals surface area (Å²) in [6.07, 6.45) is 1.14. The Balaban J connectivity index is 1.87. The molecule has 36 heavy (non-hydrogen) atoms. The molecule has 0 saturated heterocycles. The van der Waals surface area contributed by atoms with Gasteiger partial charge in [0.25, 0.3) is 0 Å². The van der Waals surface area contributed by atoms with Crippen LogP contribution in [0.1, 0.15) is 30.0 Å². The normalized spacial score (nSPS) is 11.6. The molecule has 0 aliphatic rings. The fraction of sp³-hybridized carbons (Fsp3) is 0.310. The lowest BCUT2D eigenvalue weighted by Gasteiger charge is -2.31. The lowest BCUT2D eigenvalue weighted by atomic mass is 10.0. The number of hydrogen-bond acceptors (Lipinski definition) is 3. The second kappa shape index (κ2) is 14.4. The standard InChI is InChI=1S/C29H32ClFN2O3/c1-2-36-18-6-17-32-29(35)27(19-22-7-4-3-5-8-22)33(21-24-11-15-26(31)16-12-24)28(34)20-23-9-13-25(30)14-10-23/h3-5,7-16,27H,2,6,17-21H2,1H3,(H,32,35). The summed E-state index contributed by atoms with van der Waals surface area (Å²) in [7, 11) is 0. The van der Waals surface area contributed by atoms with E-state index in [1.54, 1.807) is 41.3 Å². The molecule has 1 atom stereocenters. The molecular formula is C29H32ClFN2O3. The van der Waals surface area contributed by atoms with Gasteiger partial charge in [-0.2, -0.15) is 0 Å². The number of carbonyl (C=O) groups is 2. The van der Waals surface area contributed by atoms with E-state index < -0.39 is 6.04 Å². The minimum absolute atomic E-state index is 0.112. The van der Waals surface area contributed by atoms with Crippen LogP contribution in [0.3, 0.4) is 0 Å². The summed E-state index contributed by atoms with van der Waals surface area (Å²) >= 11 is 6.01. The molecule has 0 bridgehead atoms. The lowest BCUT2D eigenvalue weighted by Crippen LogP contribution is -2.51. The van der Waals surface area contributed by atoms with Crippen LogP contribution in [0.2, 0.25) is 5.02 Å². The largest absolute Gasteiger partial charge is 0.382 e. The van der Waals surface area contributed by atoms with E-state index in [1.165, 1.54) is 12.1 Å². The van der Waals surface area contributed by atoms with E-state index in [0.29, 0.717) is 37.6 Å². The van der Waals surface area contributed by atoms with E-state index in [1.807, 2.05) is 37.3 Å². The smallest absolute Gasteiger partial charge is 0.243 e. The number of halogens is 2. The first kappa shape index (κ1) is 27.4. The highest BCUT2D eigenvalue weighted by Crippen LogP contribution is 2.18. The van der Waals surface area contributed by atoms with Crippen LogP contribution in [-0.2, 0) is 33.7 Å². The first-order valence-corrected chi connectivity index (χ1v) is 12.5. The average Bonchev–Trinajstić information content (AvgIpc) is 2.89. The highest BCUT2D eigenvalue weighted by atomic mass is 35.5. The maximum Gasteiger partial charge on any atom is 0.243 e. The van der Waals surface area contributed by atoms with Crippen LogP contribution in [0, 0.1) is 5.82 Å². The Morgan fingerprint density at radius 1 is 0.944 bits per heavy atom. The van der Waals surface area contributed by atoms with Crippen LogP contribution in [0.5, 0.6) is 0 Å². The Morgan fingerprint density at radius 2 is 1.61 bits per heavy atom. The van der Waals surface area contributed by atoms with Gasteiger partial charge in [-0.15, -0.1) is 0 Å². The molecule has 0 aliphatic carbocycles. The van der Waals surface area contributed by atoms with Crippen molar-refractivity contribution in [2.75, 3.05) is 19.8 Å². The van der Waals surface area contributed by atoms with Crippen molar-refractivity contribution < 1.29 is 18.7 Å². The van der Waals surface area contributed by atoms with E-state index in [9.17, 15) is 14.0 Å². The van der Waals surface area contributed by atoms with Gasteiger partial charge in [0.2, 0.25) is 11.8 Å². The van der Waals surface area contributed by atoms with E-state index in [2.05, 4.69) is 5.32 Å². The van der Waals surface area contributed by atoms with Crippen LogP contribution in [0.4, 0.5) is 4.39 Å². The molecule has 0 spiro atoms. The van der Waals surface area contributed by atoms with Crippen molar-refractivity contribution in [2.45, 2.75) is 38.8 Å². The van der Waals surface area contributed by atoms with Gasteiger partial charge in [0.15, 0.2) is 0 Å². The number of carbonyl (C=O) groups excluding carboxylic acids is 2. The van der Waals surface area contributed by atoms with Gasteiger partial charge in [0.05, 0.1) is 6.42 Å². The van der Waals surface area contributed by atoms with E-state index in [4.69, 9.17) is 16.3 Å². The molecule has 3 rings (SSSR count). The molecule has 3 aromatic carbocycles. The van der Waals surface area contributed by atoms with Crippen molar-refractivity contribution >= 4 is 23.4 Å². The number of nitrogens with zero attached hydrogens (tertiary/aromatic N) is 1. The SMILES string of the molecule is CCOCCCNC(=O)C(Cc1ccccc1)N(Cc1ccc(F)cc1)C(=O)Cc1ccc(Cl)cc1. The van der Waals surface area contributed by atoms with Crippen LogP contribution >= 0.6 is 11.6 Å². The maximum absolute atomic E-state index is 13.6. The number of nitrogens with one attached hydrogen (secondary N) is 1. The monoisotopic (exact) mass is 510 g/mol. The fourth-order valence-electron chi connectivity index (χ4n) is 3.87. The fourth-order valence-corrected chi connectivity index (χ4v) is 3.99. The lowest BCUT2D eigenvalue weighted by molar-refractivity contribution is -0.140. The molecule has 0 aromatic heterocycles. The van der Waals surface area contributed by atoms with Crippen molar-refractivity contribution in [3.63, 3.8) is 0 Å². The summed E-state index contributed by atoms with van der Waals surface area (Å²) < 4.78 is 18.9. The third kappa shape index (κ3) is 8.77. The zero-order valence-corrected chi connectivity index (χ0v) is 21.2. The summed E-state index contributed by atoms with van der Waals surface area (Å²) in [5.41, 5.74) is 2.47. The number of hydrogen-bond donors (Lipinski definition) is 1. The van der Waals surface area contributed by atoms with E-state index in [0.717, 1.165) is 16.7 Å². The molecule has 0 aliphatic heterocycles. The van der Waals surface area contributed by atoms with Gasteiger partial charge in [0, 0.05) is 37.7 Å². The van der Waals surface area contributed by atoms with Gasteiger partial charge < -0.3 is 15.0 Å². The second-order valence-corrected chi connectivity index (χ2v) is 8.93. The zero-order valence-electron chi connectivity index (χ0n) is 20.5. The maximum atomic E-state index is 13.6. The van der Waals surface area contributed by atoms with Gasteiger partial charge in [0.1, 0.15) is 11.9 Å². The van der Waals surface area contributed by atoms with Crippen molar-refractivity contribution in [1.82, 2.24) is 10.2 Å². The molecule has 5 nitrogen and oxygen atoms in total. The molecule has 0 heterocycles. The van der Waals surface area contributed by atoms with Crippen LogP contribution in [0.25, 0.3) is 0 Å². The number of ether oxygens (including phenoxy) is 1. The molecule has 0 radical (unpaired) electrons. The van der Waals surface area contributed by atoms with E-state index in [-0.39, 0.29) is 30.6 Å². The third-order valence-corrected chi connectivity index (χ3v) is 6.03. The predicted molar refractivity (Wildman–Crippen MR) is 140 cm³/mol. The molecule has 0 saturated carbocycles. The van der Waals surface area contributed by atoms with Gasteiger partial charge in [-0.25, -0.2) is 4.39 Å². The topological polar surface area (TPSA) is 58.6 Å². The number of amides is 2. The Morgan fingerprint density at radius 3 is 2.28 bits per heavy atom. The minimum Gasteiger partial charge on any atom is -0.382 e. The number of benzene rings is 3. The van der Waals surface area contributed by atoms with E-state index >= 15 is 0 Å². The van der Waals surface area contributed by atoms with Crippen molar-refractivity contribution in [1.29, 1.82) is 0 Å². The predicted octanol–water partition coefficient (Wildman–Crippen LogP) is 5.20. The average molecular weight is 511 g/mol. The van der Waals surface area contributed by atoms with Gasteiger partial charge >= 0.3 is 0 Å². The minimum atomic E-state index is -0.746. The highest BCUT2D eigenvalue weighted by Gasteiger charge is 2.30. The number of rotatable bonds is 13. The Labute approximate surface area is 217 Å². The third-order valence-electron chi connectivity index (χ3n) is 5.77. The molecule has 0 fully saturated rings. The molecule has 1 N–H and O–H groups in total. The Bertz CT molecular complexity index is 1090. The van der Waals surface area contributed by atoms with Crippen molar-refractivity contribution in [2.24, 2.45) is 0 Å². The second-order valence-electron chi connectivity index (χ2n) is 8.50. The Kier molecular flexibility index (Phi) is 10.9. The van der Waals surface area contributed by atoms with Crippen molar-refractivity contribution in [3.8, 4) is 0 Å². The van der Waals surface area contributed by atoms with Gasteiger partial charge in [-0.05, 0) is 54.3 Å². The van der Waals surface area contributed by atoms with Crippen LogP contribution < -0.4 is 5.32 Å². The van der Waals surface area contributed by atoms with Gasteiger partial charge in [-0.3, -0.25) is 9.59 Å². The molecule has 1 unspecified atom stereocenters. The van der Waals surface area contributed by atoms with Crippen molar-refractivity contribution in [3.05, 3.63) is 106 Å². The summed E-state index contributed by atoms with van der Waals surface area (Å²) in [4.78, 5) is 28.7. The molecular weight excluding hydrogens is 479 g/mol. The molecule has 3 aromatic rings. The van der Waals surface area contributed by atoms with Gasteiger partial charge in [-0.1, -0.05) is 66.2 Å². The summed E-state index contributed by atoms with van der Waals surface area (Å²) in [6.45, 7) is 3.72. The zero-order chi connectivity index (χ0) is 25.8. The summed E-state index contributed by atoms with van der Waals surface area (Å²) in [6, 6.07) is 21.9. The quantitative estimate of drug-likeness (QED) is 0.321. The summed E-state index contributed by atoms with van der Waals surface area (Å²) in [5, 5.41) is 3.56. The molecule has 7 heteroatoms. The first-order valence-electron chi connectivity index (χ1n) is 12.1. The van der Waals surface area contributed by atoms with Crippen LogP contribution in [0.15, 0.2) is 78.9 Å². The summed E-state index contributed by atoms with van der Waals surface area (Å²) in [5.74, 6) is -0.792. The highest BCUT2D eigenvalue weighted by molar-refractivity contribution is 6.30. The van der Waals surface area contributed by atoms with Crippen LogP contribution in [-0.4, -0.2) is 42.5 Å². The molecule has 2 amide bonds. The molecule has 190 valence electrons. The first-order chi connectivity index (χ1) is 17.5. The Hall–Kier alpha value is -3.22.